The van der Waals surface area contributed by atoms with Crippen LogP contribution in [0.25, 0.3) is 5.69 Å². The Bertz CT molecular complexity index is 692. The van der Waals surface area contributed by atoms with Gasteiger partial charge in [-0.2, -0.15) is 0 Å². The normalized spacial score (nSPS) is 10.4. The van der Waals surface area contributed by atoms with Gasteiger partial charge >= 0.3 is 0 Å². The molecule has 3 rings (SSSR count). The Morgan fingerprint density at radius 1 is 1.10 bits per heavy atom. The maximum absolute atomic E-state index is 5.92. The van der Waals surface area contributed by atoms with Gasteiger partial charge in [0.2, 0.25) is 0 Å². The fourth-order valence-corrected chi connectivity index (χ4v) is 1.93. The molecular weight excluding hydrogens is 252 g/mol. The predicted octanol–water partition coefficient (Wildman–Crippen LogP) is 1.86. The number of tetrazole rings is 1. The minimum absolute atomic E-state index is 0.672. The first-order valence-electron chi connectivity index (χ1n) is 6.23. The highest BCUT2D eigenvalue weighted by atomic mass is 15.5. The summed E-state index contributed by atoms with van der Waals surface area (Å²) in [5, 5.41) is 14.5. The van der Waals surface area contributed by atoms with Gasteiger partial charge in [-0.25, -0.2) is 4.68 Å². The highest BCUT2D eigenvalue weighted by Crippen LogP contribution is 2.16. The second-order valence-electron chi connectivity index (χ2n) is 4.36. The summed E-state index contributed by atoms with van der Waals surface area (Å²) < 4.78 is 1.61. The van der Waals surface area contributed by atoms with Gasteiger partial charge in [-0.15, -0.1) is 5.10 Å². The molecule has 2 aromatic carbocycles. The van der Waals surface area contributed by atoms with Crippen molar-refractivity contribution in [2.45, 2.75) is 6.54 Å². The van der Waals surface area contributed by atoms with Gasteiger partial charge in [0.1, 0.15) is 6.33 Å². The van der Waals surface area contributed by atoms with E-state index in [0.29, 0.717) is 6.54 Å². The molecule has 0 saturated heterocycles. The van der Waals surface area contributed by atoms with Crippen LogP contribution in [0.5, 0.6) is 0 Å². The van der Waals surface area contributed by atoms with Gasteiger partial charge in [-0.1, -0.05) is 24.3 Å². The van der Waals surface area contributed by atoms with Crippen LogP contribution >= 0.6 is 0 Å². The third-order valence-electron chi connectivity index (χ3n) is 3.00. The van der Waals surface area contributed by atoms with E-state index in [4.69, 9.17) is 5.73 Å². The molecule has 1 aromatic heterocycles. The summed E-state index contributed by atoms with van der Waals surface area (Å²) in [6.07, 6.45) is 1.56. The standard InChI is InChI=1S/C14H14N6/c15-14-7-2-1-4-11(14)9-16-12-5-3-6-13(8-12)20-10-17-18-19-20/h1-8,10,16H,9,15H2. The van der Waals surface area contributed by atoms with Crippen LogP contribution in [0.2, 0.25) is 0 Å². The second-order valence-corrected chi connectivity index (χ2v) is 4.36. The monoisotopic (exact) mass is 266 g/mol. The molecule has 0 fully saturated rings. The quantitative estimate of drug-likeness (QED) is 0.704. The number of anilines is 2. The summed E-state index contributed by atoms with van der Waals surface area (Å²) >= 11 is 0. The van der Waals surface area contributed by atoms with Crippen molar-refractivity contribution in [1.82, 2.24) is 20.2 Å². The van der Waals surface area contributed by atoms with E-state index >= 15 is 0 Å². The average molecular weight is 266 g/mol. The zero-order valence-electron chi connectivity index (χ0n) is 10.8. The lowest BCUT2D eigenvalue weighted by molar-refractivity contribution is 0.789. The number of nitrogens with one attached hydrogen (secondary N) is 1. The van der Waals surface area contributed by atoms with Crippen molar-refractivity contribution in [2.75, 3.05) is 11.1 Å². The topological polar surface area (TPSA) is 81.6 Å². The number of nitrogens with two attached hydrogens (primary N) is 1. The van der Waals surface area contributed by atoms with Crippen molar-refractivity contribution in [3.8, 4) is 5.69 Å². The van der Waals surface area contributed by atoms with E-state index in [-0.39, 0.29) is 0 Å². The Morgan fingerprint density at radius 3 is 2.80 bits per heavy atom. The van der Waals surface area contributed by atoms with Crippen LogP contribution in [0, 0.1) is 0 Å². The molecule has 100 valence electrons. The minimum atomic E-state index is 0.672. The van der Waals surface area contributed by atoms with E-state index in [2.05, 4.69) is 20.8 Å². The van der Waals surface area contributed by atoms with Crippen molar-refractivity contribution in [1.29, 1.82) is 0 Å². The molecule has 20 heavy (non-hydrogen) atoms. The molecule has 1 heterocycles. The van der Waals surface area contributed by atoms with Gasteiger partial charge < -0.3 is 11.1 Å². The lowest BCUT2D eigenvalue weighted by Crippen LogP contribution is -2.03. The molecule has 0 unspecified atom stereocenters. The molecule has 0 radical (unpaired) electrons. The van der Waals surface area contributed by atoms with Crippen LogP contribution in [0.15, 0.2) is 54.9 Å². The summed E-state index contributed by atoms with van der Waals surface area (Å²) in [5.74, 6) is 0. The summed E-state index contributed by atoms with van der Waals surface area (Å²) in [5.41, 5.74) is 9.67. The van der Waals surface area contributed by atoms with Crippen molar-refractivity contribution < 1.29 is 0 Å². The highest BCUT2D eigenvalue weighted by Gasteiger charge is 2.01. The first kappa shape index (κ1) is 12.2. The number of rotatable bonds is 4. The Hall–Kier alpha value is -2.89. The molecule has 6 heteroatoms. The van der Waals surface area contributed by atoms with E-state index in [1.165, 1.54) is 0 Å². The number of hydrogen-bond donors (Lipinski definition) is 2. The van der Waals surface area contributed by atoms with Crippen LogP contribution in [-0.4, -0.2) is 20.2 Å². The van der Waals surface area contributed by atoms with Crippen LogP contribution in [-0.2, 0) is 6.54 Å². The molecule has 0 aliphatic heterocycles. The molecular formula is C14H14N6. The summed E-state index contributed by atoms with van der Waals surface area (Å²) in [7, 11) is 0. The number of aromatic nitrogens is 4. The minimum Gasteiger partial charge on any atom is -0.398 e. The van der Waals surface area contributed by atoms with Crippen molar-refractivity contribution in [2.24, 2.45) is 0 Å². The van der Waals surface area contributed by atoms with Gasteiger partial charge in [-0.05, 0) is 40.3 Å². The Morgan fingerprint density at radius 2 is 2.00 bits per heavy atom. The molecule has 3 aromatic rings. The third-order valence-corrected chi connectivity index (χ3v) is 3.00. The Kier molecular flexibility index (Phi) is 3.28. The van der Waals surface area contributed by atoms with Gasteiger partial charge in [-0.3, -0.25) is 0 Å². The number of hydrogen-bond acceptors (Lipinski definition) is 5. The SMILES string of the molecule is Nc1ccccc1CNc1cccc(-n2cnnn2)c1. The smallest absolute Gasteiger partial charge is 0.143 e. The number of nitrogens with zero attached hydrogens (tertiary/aromatic N) is 4. The first-order chi connectivity index (χ1) is 9.83. The summed E-state index contributed by atoms with van der Waals surface area (Å²) in [4.78, 5) is 0. The lowest BCUT2D eigenvalue weighted by atomic mass is 10.2. The first-order valence-corrected chi connectivity index (χ1v) is 6.23. The lowest BCUT2D eigenvalue weighted by Gasteiger charge is -2.09. The maximum atomic E-state index is 5.92. The highest BCUT2D eigenvalue weighted by molar-refractivity contribution is 5.53. The maximum Gasteiger partial charge on any atom is 0.143 e. The van der Waals surface area contributed by atoms with E-state index < -0.39 is 0 Å². The molecule has 6 nitrogen and oxygen atoms in total. The third kappa shape index (κ3) is 2.59. The van der Waals surface area contributed by atoms with Gasteiger partial charge in [0.05, 0.1) is 5.69 Å². The van der Waals surface area contributed by atoms with E-state index in [9.17, 15) is 0 Å². The molecule has 0 aliphatic carbocycles. The van der Waals surface area contributed by atoms with Crippen LogP contribution in [0.1, 0.15) is 5.56 Å². The Balaban J connectivity index is 1.75. The summed E-state index contributed by atoms with van der Waals surface area (Å²) in [6, 6.07) is 15.7. The Labute approximate surface area is 116 Å². The zero-order chi connectivity index (χ0) is 13.8. The number of nitrogen functional groups attached to an aromatic ring is 1. The molecule has 0 bridgehead atoms. The predicted molar refractivity (Wildman–Crippen MR) is 77.3 cm³/mol. The molecule has 0 spiro atoms. The van der Waals surface area contributed by atoms with Crippen molar-refractivity contribution >= 4 is 11.4 Å². The van der Waals surface area contributed by atoms with Gasteiger partial charge in [0, 0.05) is 17.9 Å². The van der Waals surface area contributed by atoms with Gasteiger partial charge in [0.25, 0.3) is 0 Å². The summed E-state index contributed by atoms with van der Waals surface area (Å²) in [6.45, 7) is 0.672. The molecule has 0 saturated carbocycles. The molecule has 0 atom stereocenters. The number of benzene rings is 2. The molecule has 0 amide bonds. The average Bonchev–Trinajstić information content (AvgIpc) is 3.01. The molecule has 3 N–H and O–H groups in total. The largest absolute Gasteiger partial charge is 0.398 e. The fourth-order valence-electron chi connectivity index (χ4n) is 1.93. The van der Waals surface area contributed by atoms with Crippen molar-refractivity contribution in [3.05, 3.63) is 60.4 Å². The van der Waals surface area contributed by atoms with Crippen LogP contribution in [0.4, 0.5) is 11.4 Å². The second kappa shape index (κ2) is 5.40. The van der Waals surface area contributed by atoms with Crippen molar-refractivity contribution in [3.63, 3.8) is 0 Å². The van der Waals surface area contributed by atoms with E-state index in [0.717, 1.165) is 22.6 Å². The van der Waals surface area contributed by atoms with Crippen LogP contribution in [0.3, 0.4) is 0 Å². The molecule has 0 aliphatic rings. The zero-order valence-corrected chi connectivity index (χ0v) is 10.8. The van der Waals surface area contributed by atoms with Crippen LogP contribution < -0.4 is 11.1 Å². The van der Waals surface area contributed by atoms with Gasteiger partial charge in [0.15, 0.2) is 0 Å². The van der Waals surface area contributed by atoms with E-state index in [1.54, 1.807) is 11.0 Å². The fraction of sp³-hybridized carbons (Fsp3) is 0.0714. The number of para-hydroxylation sites is 1. The van der Waals surface area contributed by atoms with E-state index in [1.807, 2.05) is 48.5 Å².